The van der Waals surface area contributed by atoms with Crippen LogP contribution in [-0.2, 0) is 24.1 Å². The topological polar surface area (TPSA) is 62.1 Å². The van der Waals surface area contributed by atoms with Crippen molar-refractivity contribution in [2.75, 3.05) is 0 Å². The first kappa shape index (κ1) is 23.5. The van der Waals surface area contributed by atoms with E-state index >= 15 is 0 Å². The van der Waals surface area contributed by atoms with Crippen LogP contribution in [0.2, 0.25) is 0 Å². The third-order valence-electron chi connectivity index (χ3n) is 4.60. The predicted octanol–water partition coefficient (Wildman–Crippen LogP) is 5.65. The van der Waals surface area contributed by atoms with Crippen molar-refractivity contribution in [2.24, 2.45) is 0 Å². The monoisotopic (exact) mass is 454 g/mol. The Morgan fingerprint density at radius 3 is 2.42 bits per heavy atom. The molecule has 0 saturated carbocycles. The van der Waals surface area contributed by atoms with Crippen molar-refractivity contribution < 1.29 is 27.1 Å². The Morgan fingerprint density at radius 1 is 1.00 bits per heavy atom. The molecule has 0 saturated heterocycles. The Kier molecular flexibility index (Phi) is 7.46. The van der Waals surface area contributed by atoms with E-state index in [0.29, 0.717) is 22.4 Å². The fraction of sp³-hybridized carbons (Fsp3) is 0.120. The summed E-state index contributed by atoms with van der Waals surface area (Å²) in [6.45, 7) is -0.0285. The van der Waals surface area contributed by atoms with Crippen LogP contribution < -0.4 is 10.1 Å². The number of rotatable bonds is 7. The van der Waals surface area contributed by atoms with Crippen molar-refractivity contribution in [3.63, 3.8) is 0 Å². The minimum absolute atomic E-state index is 0.103. The first-order chi connectivity index (χ1) is 15.8. The molecular formula is C25H18F4N2O2. The number of halogens is 4. The van der Waals surface area contributed by atoms with Crippen molar-refractivity contribution in [3.8, 4) is 11.8 Å². The molecule has 0 bridgehead atoms. The maximum atomic E-state index is 13.0. The Hall–Kier alpha value is -4.12. The molecule has 8 heteroatoms. The van der Waals surface area contributed by atoms with E-state index in [4.69, 9.17) is 4.74 Å². The van der Waals surface area contributed by atoms with Crippen LogP contribution in [-0.4, -0.2) is 5.91 Å². The minimum Gasteiger partial charge on any atom is -0.488 e. The average Bonchev–Trinajstić information content (AvgIpc) is 2.81. The molecule has 1 amide bonds. The molecule has 168 valence electrons. The maximum Gasteiger partial charge on any atom is 0.416 e. The van der Waals surface area contributed by atoms with Crippen molar-refractivity contribution in [1.29, 1.82) is 5.26 Å². The molecular weight excluding hydrogens is 436 g/mol. The van der Waals surface area contributed by atoms with Crippen molar-refractivity contribution in [1.82, 2.24) is 5.32 Å². The van der Waals surface area contributed by atoms with Gasteiger partial charge >= 0.3 is 6.18 Å². The number of nitrogens with zero attached hydrogens (tertiary/aromatic N) is 1. The van der Waals surface area contributed by atoms with Gasteiger partial charge in [-0.2, -0.15) is 18.4 Å². The number of hydrogen-bond acceptors (Lipinski definition) is 3. The van der Waals surface area contributed by atoms with Gasteiger partial charge < -0.3 is 10.1 Å². The van der Waals surface area contributed by atoms with Gasteiger partial charge in [0.15, 0.2) is 0 Å². The lowest BCUT2D eigenvalue weighted by molar-refractivity contribution is -0.137. The fourth-order valence-electron chi connectivity index (χ4n) is 2.91. The molecule has 0 spiro atoms. The first-order valence-electron chi connectivity index (χ1n) is 9.78. The van der Waals surface area contributed by atoms with E-state index in [1.807, 2.05) is 6.07 Å². The Morgan fingerprint density at radius 2 is 1.73 bits per heavy atom. The van der Waals surface area contributed by atoms with Crippen LogP contribution in [0.1, 0.15) is 22.3 Å². The number of carbonyl (C=O) groups is 1. The normalized spacial score (nSPS) is 11.5. The molecule has 0 fully saturated rings. The number of hydrogen-bond donors (Lipinski definition) is 1. The summed E-state index contributed by atoms with van der Waals surface area (Å²) in [5, 5.41) is 12.0. The van der Waals surface area contributed by atoms with Crippen LogP contribution in [0.25, 0.3) is 6.08 Å². The van der Waals surface area contributed by atoms with Crippen LogP contribution in [0.3, 0.4) is 0 Å². The zero-order chi connectivity index (χ0) is 23.8. The summed E-state index contributed by atoms with van der Waals surface area (Å²) in [4.78, 5) is 12.4. The molecule has 3 aromatic carbocycles. The quantitative estimate of drug-likeness (QED) is 0.285. The molecule has 0 aliphatic carbocycles. The highest BCUT2D eigenvalue weighted by atomic mass is 19.4. The van der Waals surface area contributed by atoms with E-state index in [2.05, 4.69) is 5.32 Å². The van der Waals surface area contributed by atoms with Gasteiger partial charge in [-0.1, -0.05) is 42.5 Å². The zero-order valence-corrected chi connectivity index (χ0v) is 17.2. The molecule has 0 aromatic heterocycles. The van der Waals surface area contributed by atoms with E-state index in [9.17, 15) is 27.6 Å². The van der Waals surface area contributed by atoms with Crippen molar-refractivity contribution in [2.45, 2.75) is 19.3 Å². The number of nitrogens with one attached hydrogen (secondary N) is 1. The van der Waals surface area contributed by atoms with E-state index in [1.165, 1.54) is 42.5 Å². The first-order valence-corrected chi connectivity index (χ1v) is 9.78. The van der Waals surface area contributed by atoms with Gasteiger partial charge in [-0.15, -0.1) is 0 Å². The number of alkyl halides is 3. The fourth-order valence-corrected chi connectivity index (χ4v) is 2.91. The largest absolute Gasteiger partial charge is 0.488 e. The molecule has 3 aromatic rings. The highest BCUT2D eigenvalue weighted by Gasteiger charge is 2.30. The molecule has 1 N–H and O–H groups in total. The number of nitriles is 1. The Bertz CT molecular complexity index is 1200. The van der Waals surface area contributed by atoms with Crippen molar-refractivity contribution >= 4 is 12.0 Å². The van der Waals surface area contributed by atoms with Crippen LogP contribution in [0.15, 0.2) is 78.4 Å². The highest BCUT2D eigenvalue weighted by Crippen LogP contribution is 2.30. The molecule has 0 aliphatic heterocycles. The van der Waals surface area contributed by atoms with Gasteiger partial charge in [0, 0.05) is 12.1 Å². The van der Waals surface area contributed by atoms with Gasteiger partial charge in [0.05, 0.1) is 5.56 Å². The SMILES string of the molecule is N#C/C(=C/c1ccccc1OCc1cccc(C(F)(F)F)c1)C(=O)NCc1ccc(F)cc1. The van der Waals surface area contributed by atoms with Gasteiger partial charge in [-0.05, 0) is 47.5 Å². The molecule has 0 radical (unpaired) electrons. The van der Waals surface area contributed by atoms with Gasteiger partial charge in [-0.3, -0.25) is 4.79 Å². The molecule has 0 unspecified atom stereocenters. The smallest absolute Gasteiger partial charge is 0.416 e. The standard InChI is InChI=1S/C25H18F4N2O2/c26-22-10-8-17(9-11-22)15-31-24(32)20(14-30)13-19-5-1-2-7-23(19)33-16-18-4-3-6-21(12-18)25(27,28)29/h1-13H,15-16H2,(H,31,32)/b20-13-. The van der Waals surface area contributed by atoms with Crippen LogP contribution >= 0.6 is 0 Å². The summed E-state index contributed by atoms with van der Waals surface area (Å²) >= 11 is 0. The molecule has 0 heterocycles. The minimum atomic E-state index is -4.46. The number of ether oxygens (including phenoxy) is 1. The second kappa shape index (κ2) is 10.5. The van der Waals surface area contributed by atoms with E-state index in [0.717, 1.165) is 12.1 Å². The van der Waals surface area contributed by atoms with E-state index in [-0.39, 0.29) is 18.7 Å². The lowest BCUT2D eigenvalue weighted by Crippen LogP contribution is -2.23. The number of benzene rings is 3. The summed E-state index contributed by atoms with van der Waals surface area (Å²) in [5.41, 5.74) is 0.430. The third kappa shape index (κ3) is 6.68. The molecule has 0 atom stereocenters. The van der Waals surface area contributed by atoms with Crippen molar-refractivity contribution in [3.05, 3.63) is 106 Å². The van der Waals surface area contributed by atoms with Crippen LogP contribution in [0, 0.1) is 17.1 Å². The molecule has 3 rings (SSSR count). The summed E-state index contributed by atoms with van der Waals surface area (Å²) in [7, 11) is 0. The predicted molar refractivity (Wildman–Crippen MR) is 114 cm³/mol. The lowest BCUT2D eigenvalue weighted by Gasteiger charge is -2.12. The number of para-hydroxylation sites is 1. The molecule has 0 aliphatic rings. The lowest BCUT2D eigenvalue weighted by atomic mass is 10.1. The van der Waals surface area contributed by atoms with Gasteiger partial charge in [0.2, 0.25) is 0 Å². The third-order valence-corrected chi connectivity index (χ3v) is 4.60. The van der Waals surface area contributed by atoms with E-state index < -0.39 is 23.5 Å². The average molecular weight is 454 g/mol. The Labute approximate surface area is 187 Å². The summed E-state index contributed by atoms with van der Waals surface area (Å²) in [5.74, 6) is -0.729. The summed E-state index contributed by atoms with van der Waals surface area (Å²) < 4.78 is 57.4. The van der Waals surface area contributed by atoms with Crippen LogP contribution in [0.5, 0.6) is 5.75 Å². The van der Waals surface area contributed by atoms with Gasteiger partial charge in [0.1, 0.15) is 29.8 Å². The second-order valence-electron chi connectivity index (χ2n) is 7.00. The number of carbonyl (C=O) groups excluding carboxylic acids is 1. The number of amides is 1. The summed E-state index contributed by atoms with van der Waals surface area (Å²) in [6.07, 6.45) is -3.12. The van der Waals surface area contributed by atoms with Gasteiger partial charge in [-0.25, -0.2) is 4.39 Å². The Balaban J connectivity index is 1.72. The van der Waals surface area contributed by atoms with Crippen LogP contribution in [0.4, 0.5) is 17.6 Å². The molecule has 33 heavy (non-hydrogen) atoms. The maximum absolute atomic E-state index is 13.0. The summed E-state index contributed by atoms with van der Waals surface area (Å²) in [6, 6.07) is 18.7. The zero-order valence-electron chi connectivity index (χ0n) is 17.2. The van der Waals surface area contributed by atoms with E-state index in [1.54, 1.807) is 24.3 Å². The van der Waals surface area contributed by atoms with Gasteiger partial charge in [0.25, 0.3) is 5.91 Å². The molecule has 4 nitrogen and oxygen atoms in total. The highest BCUT2D eigenvalue weighted by molar-refractivity contribution is 6.01. The second-order valence-corrected chi connectivity index (χ2v) is 7.00.